The number of ether oxygens (including phenoxy) is 1. The number of alkyl halides is 3. The molecule has 1 N–H and O–H groups in total. The van der Waals surface area contributed by atoms with E-state index in [9.17, 15) is 13.2 Å². The van der Waals surface area contributed by atoms with Gasteiger partial charge in [-0.3, -0.25) is 0 Å². The second-order valence-electron chi connectivity index (χ2n) is 5.51. The fraction of sp³-hybridized carbons (Fsp3) is 0.235. The molecule has 0 saturated carbocycles. The molecule has 0 bridgehead atoms. The topological polar surface area (TPSA) is 64.9 Å². The van der Waals surface area contributed by atoms with Crippen molar-refractivity contribution >= 4 is 5.95 Å². The van der Waals surface area contributed by atoms with Crippen molar-refractivity contribution in [3.8, 4) is 5.75 Å². The van der Waals surface area contributed by atoms with Crippen molar-refractivity contribution < 1.29 is 17.9 Å². The smallest absolute Gasteiger partial charge is 0.433 e. The van der Waals surface area contributed by atoms with Crippen molar-refractivity contribution in [1.82, 2.24) is 19.5 Å². The van der Waals surface area contributed by atoms with Crippen LogP contribution in [0.5, 0.6) is 5.75 Å². The van der Waals surface area contributed by atoms with E-state index in [0.29, 0.717) is 11.6 Å². The Labute approximate surface area is 147 Å². The number of nitrogens with zero attached hydrogens (tertiary/aromatic N) is 4. The summed E-state index contributed by atoms with van der Waals surface area (Å²) in [7, 11) is 3.34. The quantitative estimate of drug-likeness (QED) is 0.752. The molecule has 0 aliphatic rings. The van der Waals surface area contributed by atoms with Crippen LogP contribution in [0.4, 0.5) is 19.1 Å². The Balaban J connectivity index is 2.01. The van der Waals surface area contributed by atoms with E-state index < -0.39 is 17.9 Å². The molecule has 0 unspecified atom stereocenters. The maximum atomic E-state index is 12.9. The van der Waals surface area contributed by atoms with E-state index in [1.54, 1.807) is 42.2 Å². The number of anilines is 1. The zero-order valence-electron chi connectivity index (χ0n) is 14.0. The third-order valence-electron chi connectivity index (χ3n) is 3.76. The zero-order valence-corrected chi connectivity index (χ0v) is 14.0. The van der Waals surface area contributed by atoms with E-state index >= 15 is 0 Å². The van der Waals surface area contributed by atoms with Gasteiger partial charge >= 0.3 is 6.18 Å². The van der Waals surface area contributed by atoms with Crippen molar-refractivity contribution in [1.29, 1.82) is 0 Å². The van der Waals surface area contributed by atoms with Crippen molar-refractivity contribution in [2.24, 2.45) is 7.05 Å². The van der Waals surface area contributed by atoms with Crippen LogP contribution >= 0.6 is 0 Å². The second-order valence-corrected chi connectivity index (χ2v) is 5.51. The maximum absolute atomic E-state index is 12.9. The van der Waals surface area contributed by atoms with Crippen LogP contribution in [0, 0.1) is 0 Å². The Hall–Kier alpha value is -3.10. The summed E-state index contributed by atoms with van der Waals surface area (Å²) in [5.74, 6) is 1.07. The monoisotopic (exact) mass is 363 g/mol. The van der Waals surface area contributed by atoms with E-state index in [-0.39, 0.29) is 5.95 Å². The van der Waals surface area contributed by atoms with Gasteiger partial charge in [-0.05, 0) is 23.8 Å². The summed E-state index contributed by atoms with van der Waals surface area (Å²) in [6.45, 7) is 0. The number of aromatic nitrogens is 4. The molecule has 9 heteroatoms. The Bertz CT molecular complexity index is 894. The minimum Gasteiger partial charge on any atom is -0.497 e. The first-order valence-electron chi connectivity index (χ1n) is 7.66. The molecular formula is C17H16F3N5O. The standard InChI is InChI=1S/C17H16F3N5O/c1-25-9-8-21-15(25)14(11-4-3-5-12(10-11)26-2)24-16-22-7-6-13(23-16)17(18,19)20/h3-10,14H,1-2H3,(H,22,23,24)/t14-/m0/s1. The number of aryl methyl sites for hydroxylation is 1. The molecule has 6 nitrogen and oxygen atoms in total. The number of methoxy groups -OCH3 is 1. The fourth-order valence-electron chi connectivity index (χ4n) is 2.49. The van der Waals surface area contributed by atoms with Gasteiger partial charge in [-0.15, -0.1) is 0 Å². The van der Waals surface area contributed by atoms with Gasteiger partial charge < -0.3 is 14.6 Å². The van der Waals surface area contributed by atoms with E-state index in [4.69, 9.17) is 4.74 Å². The van der Waals surface area contributed by atoms with Crippen LogP contribution < -0.4 is 10.1 Å². The SMILES string of the molecule is COc1cccc([C@H](Nc2nccc(C(F)(F)F)n2)c2nccn2C)c1. The van der Waals surface area contributed by atoms with Crippen LogP contribution in [0.1, 0.15) is 23.1 Å². The molecule has 26 heavy (non-hydrogen) atoms. The summed E-state index contributed by atoms with van der Waals surface area (Å²) >= 11 is 0. The minimum atomic E-state index is -4.55. The normalized spacial score (nSPS) is 12.7. The molecule has 0 radical (unpaired) electrons. The Morgan fingerprint density at radius 2 is 1.96 bits per heavy atom. The summed E-state index contributed by atoms with van der Waals surface area (Å²) in [6.07, 6.45) is -0.123. The van der Waals surface area contributed by atoms with E-state index in [0.717, 1.165) is 17.8 Å². The number of hydrogen-bond donors (Lipinski definition) is 1. The van der Waals surface area contributed by atoms with Gasteiger partial charge in [0, 0.05) is 25.6 Å². The highest BCUT2D eigenvalue weighted by Gasteiger charge is 2.33. The summed E-state index contributed by atoms with van der Waals surface area (Å²) in [6, 6.07) is 7.43. The molecule has 0 amide bonds. The van der Waals surface area contributed by atoms with E-state index in [1.807, 2.05) is 6.07 Å². The van der Waals surface area contributed by atoms with Crippen molar-refractivity contribution in [3.05, 3.63) is 66.0 Å². The molecule has 2 heterocycles. The Kier molecular flexibility index (Phi) is 4.79. The Morgan fingerprint density at radius 3 is 2.62 bits per heavy atom. The lowest BCUT2D eigenvalue weighted by Gasteiger charge is -2.20. The van der Waals surface area contributed by atoms with Crippen molar-refractivity contribution in [3.63, 3.8) is 0 Å². The van der Waals surface area contributed by atoms with Gasteiger partial charge in [0.2, 0.25) is 5.95 Å². The predicted octanol–water partition coefficient (Wildman–Crippen LogP) is 3.44. The molecular weight excluding hydrogens is 347 g/mol. The number of imidazole rings is 1. The summed E-state index contributed by atoms with van der Waals surface area (Å²) in [4.78, 5) is 11.8. The van der Waals surface area contributed by atoms with Crippen LogP contribution in [0.25, 0.3) is 0 Å². The van der Waals surface area contributed by atoms with Gasteiger partial charge in [-0.25, -0.2) is 15.0 Å². The van der Waals surface area contributed by atoms with Crippen LogP contribution in [-0.4, -0.2) is 26.6 Å². The maximum Gasteiger partial charge on any atom is 0.433 e. The van der Waals surface area contributed by atoms with E-state index in [2.05, 4.69) is 20.3 Å². The lowest BCUT2D eigenvalue weighted by molar-refractivity contribution is -0.141. The van der Waals surface area contributed by atoms with Crippen LogP contribution in [-0.2, 0) is 13.2 Å². The number of rotatable bonds is 5. The largest absolute Gasteiger partial charge is 0.497 e. The lowest BCUT2D eigenvalue weighted by Crippen LogP contribution is -2.19. The Morgan fingerprint density at radius 1 is 1.15 bits per heavy atom. The number of hydrogen-bond acceptors (Lipinski definition) is 5. The zero-order chi connectivity index (χ0) is 18.7. The third-order valence-corrected chi connectivity index (χ3v) is 3.76. The van der Waals surface area contributed by atoms with Crippen LogP contribution in [0.15, 0.2) is 48.9 Å². The summed E-state index contributed by atoms with van der Waals surface area (Å²) < 4.78 is 45.7. The molecule has 0 aliphatic heterocycles. The van der Waals surface area contributed by atoms with Gasteiger partial charge in [0.1, 0.15) is 23.3 Å². The fourth-order valence-corrected chi connectivity index (χ4v) is 2.49. The molecule has 1 atom stereocenters. The average molecular weight is 363 g/mol. The minimum absolute atomic E-state index is 0.143. The summed E-state index contributed by atoms with van der Waals surface area (Å²) in [5.41, 5.74) is -0.265. The number of halogens is 3. The van der Waals surface area contributed by atoms with Crippen molar-refractivity contribution in [2.45, 2.75) is 12.2 Å². The third kappa shape index (κ3) is 3.76. The highest BCUT2D eigenvalue weighted by molar-refractivity contribution is 5.40. The first-order valence-corrected chi connectivity index (χ1v) is 7.66. The molecule has 0 fully saturated rings. The van der Waals surface area contributed by atoms with Gasteiger partial charge in [0.25, 0.3) is 0 Å². The molecule has 0 saturated heterocycles. The van der Waals surface area contributed by atoms with Gasteiger partial charge in [0.15, 0.2) is 0 Å². The molecule has 0 spiro atoms. The highest BCUT2D eigenvalue weighted by atomic mass is 19.4. The number of benzene rings is 1. The molecule has 0 aliphatic carbocycles. The van der Waals surface area contributed by atoms with Crippen LogP contribution in [0.2, 0.25) is 0 Å². The number of nitrogens with one attached hydrogen (secondary N) is 1. The molecule has 136 valence electrons. The van der Waals surface area contributed by atoms with E-state index in [1.165, 1.54) is 7.11 Å². The first-order chi connectivity index (χ1) is 12.4. The summed E-state index contributed by atoms with van der Waals surface area (Å²) in [5, 5.41) is 2.94. The van der Waals surface area contributed by atoms with Crippen molar-refractivity contribution in [2.75, 3.05) is 12.4 Å². The molecule has 3 aromatic rings. The molecule has 2 aromatic heterocycles. The second kappa shape index (κ2) is 7.03. The van der Waals surface area contributed by atoms with Crippen LogP contribution in [0.3, 0.4) is 0 Å². The van der Waals surface area contributed by atoms with Gasteiger partial charge in [0.05, 0.1) is 7.11 Å². The average Bonchev–Trinajstić information content (AvgIpc) is 3.05. The highest BCUT2D eigenvalue weighted by Crippen LogP contribution is 2.30. The molecule has 1 aromatic carbocycles. The molecule has 3 rings (SSSR count). The first kappa shape index (κ1) is 17.7. The van der Waals surface area contributed by atoms with Gasteiger partial charge in [-0.2, -0.15) is 13.2 Å². The predicted molar refractivity (Wildman–Crippen MR) is 88.7 cm³/mol. The lowest BCUT2D eigenvalue weighted by atomic mass is 10.1. The van der Waals surface area contributed by atoms with Gasteiger partial charge in [-0.1, -0.05) is 12.1 Å².